The lowest BCUT2D eigenvalue weighted by atomic mass is 10.2. The van der Waals surface area contributed by atoms with Gasteiger partial charge in [0.05, 0.1) is 12.5 Å². The molecule has 2 amide bonds. The summed E-state index contributed by atoms with van der Waals surface area (Å²) in [7, 11) is 0. The van der Waals surface area contributed by atoms with Gasteiger partial charge in [-0.1, -0.05) is 0 Å². The van der Waals surface area contributed by atoms with Crippen molar-refractivity contribution in [3.8, 4) is 0 Å². The standard InChI is InChI=1S/C9H9N3O7/c10-6(13)3-4(9(15)16)11-8(14)5-1-2-7(19-5)12(17)18/h1-2,4H,3H2,(H2,10,13)(H,11,14)(H,15,16). The second-order valence-electron chi connectivity index (χ2n) is 3.43. The number of aliphatic carboxylic acids is 1. The van der Waals surface area contributed by atoms with E-state index in [4.69, 9.17) is 10.8 Å². The zero-order valence-electron chi connectivity index (χ0n) is 9.36. The second kappa shape index (κ2) is 5.62. The minimum atomic E-state index is -1.53. The molecule has 4 N–H and O–H groups in total. The van der Waals surface area contributed by atoms with Crippen molar-refractivity contribution in [3.05, 3.63) is 28.0 Å². The minimum absolute atomic E-state index is 0.442. The smallest absolute Gasteiger partial charge is 0.433 e. The summed E-state index contributed by atoms with van der Waals surface area (Å²) in [5, 5.41) is 21.0. The zero-order chi connectivity index (χ0) is 14.6. The molecule has 1 atom stereocenters. The number of rotatable bonds is 6. The molecule has 1 aromatic heterocycles. The van der Waals surface area contributed by atoms with E-state index >= 15 is 0 Å². The monoisotopic (exact) mass is 271 g/mol. The van der Waals surface area contributed by atoms with Crippen molar-refractivity contribution in [3.63, 3.8) is 0 Å². The maximum absolute atomic E-state index is 11.5. The Hall–Kier alpha value is -2.91. The van der Waals surface area contributed by atoms with Gasteiger partial charge >= 0.3 is 11.9 Å². The summed E-state index contributed by atoms with van der Waals surface area (Å²) in [6, 6.07) is 0.421. The molecule has 0 bridgehead atoms. The number of nitrogens with one attached hydrogen (secondary N) is 1. The van der Waals surface area contributed by atoms with Crippen LogP contribution in [-0.4, -0.2) is 33.9 Å². The number of carboxylic acid groups (broad SMARTS) is 1. The SMILES string of the molecule is NC(=O)CC(NC(=O)c1ccc([N+](=O)[O-])o1)C(=O)O. The third-order valence-corrected chi connectivity index (χ3v) is 2.00. The quantitative estimate of drug-likeness (QED) is 0.451. The van der Waals surface area contributed by atoms with Gasteiger partial charge in [-0.05, 0) is 6.07 Å². The first-order valence-corrected chi connectivity index (χ1v) is 4.87. The van der Waals surface area contributed by atoms with E-state index in [0.717, 1.165) is 12.1 Å². The van der Waals surface area contributed by atoms with E-state index < -0.39 is 46.8 Å². The van der Waals surface area contributed by atoms with E-state index in [0.29, 0.717) is 0 Å². The maximum Gasteiger partial charge on any atom is 0.433 e. The van der Waals surface area contributed by atoms with Crippen LogP contribution in [0.4, 0.5) is 5.88 Å². The summed E-state index contributed by atoms with van der Waals surface area (Å²) in [6.45, 7) is 0. The van der Waals surface area contributed by atoms with Gasteiger partial charge in [-0.15, -0.1) is 0 Å². The zero-order valence-corrected chi connectivity index (χ0v) is 9.36. The molecule has 0 saturated carbocycles. The van der Waals surface area contributed by atoms with Crippen LogP contribution in [0.2, 0.25) is 0 Å². The van der Waals surface area contributed by atoms with Crippen LogP contribution in [0, 0.1) is 10.1 Å². The molecule has 0 spiro atoms. The maximum atomic E-state index is 11.5. The van der Waals surface area contributed by atoms with Gasteiger partial charge in [0.1, 0.15) is 11.0 Å². The van der Waals surface area contributed by atoms with E-state index in [1.807, 2.05) is 5.32 Å². The molecule has 0 aliphatic carbocycles. The Morgan fingerprint density at radius 1 is 1.47 bits per heavy atom. The van der Waals surface area contributed by atoms with Crippen molar-refractivity contribution in [2.45, 2.75) is 12.5 Å². The molecule has 1 heterocycles. The molecular weight excluding hydrogens is 262 g/mol. The normalized spacial score (nSPS) is 11.6. The van der Waals surface area contributed by atoms with Gasteiger partial charge in [-0.25, -0.2) is 4.79 Å². The van der Waals surface area contributed by atoms with Gasteiger partial charge < -0.3 is 20.6 Å². The lowest BCUT2D eigenvalue weighted by Crippen LogP contribution is -2.43. The number of nitrogens with two attached hydrogens (primary N) is 1. The number of furan rings is 1. The molecule has 0 saturated heterocycles. The van der Waals surface area contributed by atoms with Gasteiger partial charge in [0.25, 0.3) is 5.91 Å². The fourth-order valence-corrected chi connectivity index (χ4v) is 1.18. The van der Waals surface area contributed by atoms with Crippen molar-refractivity contribution in [2.75, 3.05) is 0 Å². The van der Waals surface area contributed by atoms with Crippen molar-refractivity contribution >= 4 is 23.7 Å². The second-order valence-corrected chi connectivity index (χ2v) is 3.43. The van der Waals surface area contributed by atoms with Crippen molar-refractivity contribution < 1.29 is 28.8 Å². The van der Waals surface area contributed by atoms with Gasteiger partial charge in [0.15, 0.2) is 5.76 Å². The number of primary amides is 1. The molecular formula is C9H9N3O7. The predicted molar refractivity (Wildman–Crippen MR) is 58.1 cm³/mol. The van der Waals surface area contributed by atoms with Crippen LogP contribution in [0.1, 0.15) is 17.0 Å². The molecule has 0 aliphatic heterocycles. The highest BCUT2D eigenvalue weighted by Crippen LogP contribution is 2.15. The fourth-order valence-electron chi connectivity index (χ4n) is 1.18. The third kappa shape index (κ3) is 3.80. The summed E-state index contributed by atoms with van der Waals surface area (Å²) in [4.78, 5) is 42.4. The van der Waals surface area contributed by atoms with E-state index in [1.54, 1.807) is 0 Å². The topological polar surface area (TPSA) is 166 Å². The van der Waals surface area contributed by atoms with E-state index in [1.165, 1.54) is 0 Å². The van der Waals surface area contributed by atoms with E-state index in [-0.39, 0.29) is 0 Å². The number of carbonyl (C=O) groups excluding carboxylic acids is 2. The number of carbonyl (C=O) groups is 3. The van der Waals surface area contributed by atoms with Crippen LogP contribution in [0.3, 0.4) is 0 Å². The summed E-state index contributed by atoms with van der Waals surface area (Å²) >= 11 is 0. The van der Waals surface area contributed by atoms with Crippen LogP contribution >= 0.6 is 0 Å². The van der Waals surface area contributed by atoms with Crippen LogP contribution < -0.4 is 11.1 Å². The number of hydrogen-bond acceptors (Lipinski definition) is 6. The average molecular weight is 271 g/mol. The molecule has 0 aliphatic rings. The first kappa shape index (κ1) is 14.2. The molecule has 0 radical (unpaired) electrons. The first-order valence-electron chi connectivity index (χ1n) is 4.87. The highest BCUT2D eigenvalue weighted by molar-refractivity contribution is 5.95. The van der Waals surface area contributed by atoms with Crippen LogP contribution in [-0.2, 0) is 9.59 Å². The Morgan fingerprint density at radius 2 is 2.11 bits per heavy atom. The summed E-state index contributed by atoms with van der Waals surface area (Å²) in [5.74, 6) is -4.48. The Balaban J connectivity index is 2.78. The van der Waals surface area contributed by atoms with Gasteiger partial charge in [-0.2, -0.15) is 0 Å². The number of hydrogen-bond donors (Lipinski definition) is 3. The molecule has 0 fully saturated rings. The third-order valence-electron chi connectivity index (χ3n) is 2.00. The lowest BCUT2D eigenvalue weighted by molar-refractivity contribution is -0.402. The molecule has 0 aromatic carbocycles. The largest absolute Gasteiger partial charge is 0.480 e. The summed E-state index contributed by atoms with van der Waals surface area (Å²) in [6.07, 6.45) is -0.607. The van der Waals surface area contributed by atoms with Crippen molar-refractivity contribution in [1.29, 1.82) is 0 Å². The van der Waals surface area contributed by atoms with Crippen molar-refractivity contribution in [2.24, 2.45) is 5.73 Å². The highest BCUT2D eigenvalue weighted by atomic mass is 16.6. The molecule has 10 nitrogen and oxygen atoms in total. The molecule has 10 heteroatoms. The molecule has 1 unspecified atom stereocenters. The molecule has 102 valence electrons. The van der Waals surface area contributed by atoms with Gasteiger partial charge in [0.2, 0.25) is 5.91 Å². The number of carboxylic acids is 1. The Kier molecular flexibility index (Phi) is 4.19. The van der Waals surface area contributed by atoms with Gasteiger partial charge in [-0.3, -0.25) is 19.7 Å². The highest BCUT2D eigenvalue weighted by Gasteiger charge is 2.25. The first-order chi connectivity index (χ1) is 8.81. The fraction of sp³-hybridized carbons (Fsp3) is 0.222. The molecule has 1 aromatic rings. The summed E-state index contributed by atoms with van der Waals surface area (Å²) < 4.78 is 4.57. The number of amides is 2. The number of nitro groups is 1. The minimum Gasteiger partial charge on any atom is -0.480 e. The van der Waals surface area contributed by atoms with E-state index in [2.05, 4.69) is 4.42 Å². The Labute approximate surface area is 105 Å². The van der Waals surface area contributed by atoms with E-state index in [9.17, 15) is 24.5 Å². The lowest BCUT2D eigenvalue weighted by Gasteiger charge is -2.11. The molecule has 1 rings (SSSR count). The van der Waals surface area contributed by atoms with Crippen LogP contribution in [0.15, 0.2) is 16.5 Å². The Bertz CT molecular complexity index is 536. The van der Waals surface area contributed by atoms with Crippen molar-refractivity contribution in [1.82, 2.24) is 5.32 Å². The van der Waals surface area contributed by atoms with Crippen LogP contribution in [0.5, 0.6) is 0 Å². The average Bonchev–Trinajstić information content (AvgIpc) is 2.76. The number of nitrogens with zero attached hydrogens (tertiary/aromatic N) is 1. The predicted octanol–water partition coefficient (Wildman–Crippen LogP) is -0.754. The van der Waals surface area contributed by atoms with Gasteiger partial charge in [0, 0.05) is 0 Å². The molecule has 19 heavy (non-hydrogen) atoms. The Morgan fingerprint density at radius 3 is 2.53 bits per heavy atom. The van der Waals surface area contributed by atoms with Crippen LogP contribution in [0.25, 0.3) is 0 Å². The summed E-state index contributed by atoms with van der Waals surface area (Å²) in [5.41, 5.74) is 4.82.